The predicted octanol–water partition coefficient (Wildman–Crippen LogP) is -1.86. The molecule has 0 aromatic rings. The summed E-state index contributed by atoms with van der Waals surface area (Å²) in [4.78, 5) is 3.59. The Balaban J connectivity index is 2.44. The maximum atomic E-state index is 9.82. The van der Waals surface area contributed by atoms with Gasteiger partial charge in [-0.2, -0.15) is 4.99 Å². The molecule has 1 heterocycles. The van der Waals surface area contributed by atoms with Crippen LogP contribution in [0.5, 0.6) is 0 Å². The van der Waals surface area contributed by atoms with Crippen molar-refractivity contribution in [1.29, 1.82) is 0 Å². The number of nitrogens with two attached hydrogens (primary N) is 1. The molecule has 6 N–H and O–H groups in total. The molecule has 0 amide bonds. The molecule has 0 aliphatic carbocycles. The Morgan fingerprint density at radius 3 is 2.72 bits per heavy atom. The lowest BCUT2D eigenvalue weighted by Crippen LogP contribution is -2.54. The summed E-state index contributed by atoms with van der Waals surface area (Å²) in [5, 5.41) is 31.0. The van der Waals surface area contributed by atoms with Crippen LogP contribution in [0, 0.1) is 5.92 Å². The summed E-state index contributed by atoms with van der Waals surface area (Å²) in [6.45, 7) is 0.103. The largest absolute Gasteiger partial charge is 0.394 e. The first-order valence-corrected chi connectivity index (χ1v) is 6.10. The minimum Gasteiger partial charge on any atom is -0.394 e. The van der Waals surface area contributed by atoms with Gasteiger partial charge in [-0.25, -0.2) is 0 Å². The van der Waals surface area contributed by atoms with Gasteiger partial charge in [-0.05, 0) is 23.8 Å². The molecule has 0 saturated carbocycles. The third-order valence-corrected chi connectivity index (χ3v) is 2.96. The summed E-state index contributed by atoms with van der Waals surface area (Å²) < 4.78 is 5.21. The number of aliphatic hydroxyl groups excluding tert-OH is 3. The minimum atomic E-state index is -1.13. The van der Waals surface area contributed by atoms with E-state index in [0.717, 1.165) is 0 Å². The van der Waals surface area contributed by atoms with E-state index in [4.69, 9.17) is 39.4 Å². The van der Waals surface area contributed by atoms with E-state index in [2.05, 4.69) is 10.3 Å². The van der Waals surface area contributed by atoms with Gasteiger partial charge >= 0.3 is 0 Å². The molecule has 1 aliphatic heterocycles. The van der Waals surface area contributed by atoms with E-state index in [0.29, 0.717) is 0 Å². The molecule has 1 saturated heterocycles. The second-order valence-electron chi connectivity index (χ2n) is 3.92. The Bertz CT molecular complexity index is 327. The molecule has 9 heteroatoms. The van der Waals surface area contributed by atoms with Gasteiger partial charge in [-0.1, -0.05) is 0 Å². The van der Waals surface area contributed by atoms with Crippen LogP contribution in [-0.2, 0) is 4.74 Å². The minimum absolute atomic E-state index is 0.0912. The summed E-state index contributed by atoms with van der Waals surface area (Å²) >= 11 is 10.2. The lowest BCUT2D eigenvalue weighted by atomic mass is 9.92. The van der Waals surface area contributed by atoms with Crippen molar-refractivity contribution in [1.82, 2.24) is 5.32 Å². The number of ether oxygens (including phenoxy) is 1. The van der Waals surface area contributed by atoms with Gasteiger partial charge in [-0.3, -0.25) is 0 Å². The second kappa shape index (κ2) is 7.17. The van der Waals surface area contributed by atoms with E-state index in [9.17, 15) is 10.2 Å². The van der Waals surface area contributed by atoms with Crippen LogP contribution >= 0.6 is 23.8 Å². The van der Waals surface area contributed by atoms with Gasteiger partial charge in [0.1, 0.15) is 12.2 Å². The van der Waals surface area contributed by atoms with Crippen LogP contribution in [0.3, 0.4) is 0 Å². The first kappa shape index (κ1) is 15.5. The lowest BCUT2D eigenvalue weighted by molar-refractivity contribution is -0.173. The molecule has 0 spiro atoms. The standard InChI is InChI=1S/C9H16ClN3O4S/c10-8(11)13-9(18)12-1-4-3-17-5(2-14)7(16)6(4)15/h4-7,14-16H,1-3H2,(H3,11,12,13,18)/t4-,5-,6-,7+/m1/s1. The summed E-state index contributed by atoms with van der Waals surface area (Å²) in [5.41, 5.74) is 5.13. The van der Waals surface area contributed by atoms with Gasteiger partial charge in [0.05, 0.1) is 19.3 Å². The van der Waals surface area contributed by atoms with Crippen molar-refractivity contribution >= 4 is 34.2 Å². The molecule has 18 heavy (non-hydrogen) atoms. The van der Waals surface area contributed by atoms with Gasteiger partial charge in [-0.15, -0.1) is 0 Å². The SMILES string of the molecule is N/C(Cl)=N\C(=S)NC[C@@H]1CO[C@H](CO)[C@H](O)[C@@H]1O. The number of thiocarbonyl (C=S) groups is 1. The Labute approximate surface area is 115 Å². The topological polar surface area (TPSA) is 120 Å². The normalized spacial score (nSPS) is 33.2. The fourth-order valence-corrected chi connectivity index (χ4v) is 1.95. The van der Waals surface area contributed by atoms with Crippen molar-refractivity contribution in [2.45, 2.75) is 18.3 Å². The Morgan fingerprint density at radius 1 is 1.50 bits per heavy atom. The summed E-state index contributed by atoms with van der Waals surface area (Å²) in [6.07, 6.45) is -2.91. The van der Waals surface area contributed by atoms with Crippen LogP contribution in [0.2, 0.25) is 0 Å². The van der Waals surface area contributed by atoms with Crippen molar-refractivity contribution < 1.29 is 20.1 Å². The van der Waals surface area contributed by atoms with E-state index >= 15 is 0 Å². The van der Waals surface area contributed by atoms with E-state index in [-0.39, 0.29) is 36.1 Å². The van der Waals surface area contributed by atoms with Crippen LogP contribution in [0.15, 0.2) is 4.99 Å². The maximum absolute atomic E-state index is 9.82. The maximum Gasteiger partial charge on any atom is 0.195 e. The first-order chi connectivity index (χ1) is 8.45. The molecule has 0 bridgehead atoms. The number of nitrogens with zero attached hydrogens (tertiary/aromatic N) is 1. The highest BCUT2D eigenvalue weighted by Crippen LogP contribution is 2.19. The molecule has 4 atom stereocenters. The predicted molar refractivity (Wildman–Crippen MR) is 70.4 cm³/mol. The highest BCUT2D eigenvalue weighted by Gasteiger charge is 2.37. The number of aliphatic imine (C=N–C) groups is 1. The van der Waals surface area contributed by atoms with E-state index in [1.165, 1.54) is 0 Å². The fourth-order valence-electron chi connectivity index (χ4n) is 1.64. The van der Waals surface area contributed by atoms with Crippen molar-refractivity contribution in [3.05, 3.63) is 0 Å². The zero-order valence-corrected chi connectivity index (χ0v) is 11.1. The zero-order valence-electron chi connectivity index (χ0n) is 9.49. The molecule has 1 aliphatic rings. The van der Waals surface area contributed by atoms with Crippen molar-refractivity contribution in [2.75, 3.05) is 19.8 Å². The zero-order chi connectivity index (χ0) is 13.7. The Kier molecular flexibility index (Phi) is 6.19. The van der Waals surface area contributed by atoms with E-state index in [1.807, 2.05) is 0 Å². The van der Waals surface area contributed by atoms with Gasteiger partial charge < -0.3 is 31.1 Å². The van der Waals surface area contributed by atoms with Crippen molar-refractivity contribution in [2.24, 2.45) is 16.6 Å². The van der Waals surface area contributed by atoms with Gasteiger partial charge in [0.15, 0.2) is 10.4 Å². The average molecular weight is 298 g/mol. The molecule has 0 aromatic carbocycles. The van der Waals surface area contributed by atoms with Crippen molar-refractivity contribution in [3.8, 4) is 0 Å². The molecule has 7 nitrogen and oxygen atoms in total. The molecule has 1 fully saturated rings. The van der Waals surface area contributed by atoms with Crippen molar-refractivity contribution in [3.63, 3.8) is 0 Å². The number of amidine groups is 1. The quantitative estimate of drug-likeness (QED) is 0.179. The van der Waals surface area contributed by atoms with Crippen LogP contribution in [0.1, 0.15) is 0 Å². The molecule has 0 radical (unpaired) electrons. The smallest absolute Gasteiger partial charge is 0.195 e. The number of nitrogens with one attached hydrogen (secondary N) is 1. The third-order valence-electron chi connectivity index (χ3n) is 2.64. The lowest BCUT2D eigenvalue weighted by Gasteiger charge is -2.36. The third kappa shape index (κ3) is 4.30. The molecular weight excluding hydrogens is 282 g/mol. The average Bonchev–Trinajstić information content (AvgIpc) is 2.30. The molecule has 0 aromatic heterocycles. The second-order valence-corrected chi connectivity index (χ2v) is 4.69. The number of hydrogen-bond acceptors (Lipinski definition) is 5. The summed E-state index contributed by atoms with van der Waals surface area (Å²) in [6, 6.07) is 0. The fraction of sp³-hybridized carbons (Fsp3) is 0.778. The Morgan fingerprint density at radius 2 is 2.17 bits per heavy atom. The number of rotatable bonds is 3. The van der Waals surface area contributed by atoms with E-state index < -0.39 is 18.3 Å². The number of halogens is 1. The van der Waals surface area contributed by atoms with Crippen LogP contribution in [0.4, 0.5) is 0 Å². The van der Waals surface area contributed by atoms with Crippen LogP contribution in [0.25, 0.3) is 0 Å². The monoisotopic (exact) mass is 297 g/mol. The number of aliphatic hydroxyl groups is 3. The number of hydrogen-bond donors (Lipinski definition) is 5. The van der Waals surface area contributed by atoms with Crippen LogP contribution < -0.4 is 11.1 Å². The molecule has 0 unspecified atom stereocenters. The molecule has 104 valence electrons. The van der Waals surface area contributed by atoms with Crippen LogP contribution in [-0.4, -0.2) is 63.8 Å². The van der Waals surface area contributed by atoms with Gasteiger partial charge in [0, 0.05) is 12.5 Å². The first-order valence-electron chi connectivity index (χ1n) is 5.31. The Hall–Kier alpha value is -0.510. The highest BCUT2D eigenvalue weighted by atomic mass is 35.5. The summed E-state index contributed by atoms with van der Waals surface area (Å²) in [5.74, 6) is -0.368. The van der Waals surface area contributed by atoms with Gasteiger partial charge in [0.2, 0.25) is 0 Å². The molecule has 1 rings (SSSR count). The summed E-state index contributed by atoms with van der Waals surface area (Å²) in [7, 11) is 0. The van der Waals surface area contributed by atoms with Gasteiger partial charge in [0.25, 0.3) is 0 Å². The van der Waals surface area contributed by atoms with E-state index in [1.54, 1.807) is 0 Å². The molecular formula is C9H16ClN3O4S. The highest BCUT2D eigenvalue weighted by molar-refractivity contribution is 7.80.